The number of nitrogens with two attached hydrogens (primary N) is 4. The number of rotatable bonds is 1. The first-order valence-corrected chi connectivity index (χ1v) is 11.7. The molecule has 34 heavy (non-hydrogen) atoms. The summed E-state index contributed by atoms with van der Waals surface area (Å²) in [5, 5.41) is 5.64. The van der Waals surface area contributed by atoms with E-state index in [4.69, 9.17) is 22.9 Å². The van der Waals surface area contributed by atoms with Gasteiger partial charge in [0.25, 0.3) is 0 Å². The number of fused-ring (bicyclic) bond motifs is 5. The van der Waals surface area contributed by atoms with Crippen molar-refractivity contribution in [2.75, 3.05) is 22.9 Å². The highest BCUT2D eigenvalue weighted by Gasteiger charge is 2.13. The van der Waals surface area contributed by atoms with Gasteiger partial charge in [0.15, 0.2) is 0 Å². The second-order valence-electron chi connectivity index (χ2n) is 8.94. The summed E-state index contributed by atoms with van der Waals surface area (Å²) in [7, 11) is 0. The van der Waals surface area contributed by atoms with Crippen molar-refractivity contribution in [2.24, 2.45) is 0 Å². The molecule has 0 atom stereocenters. The molecule has 4 nitrogen and oxygen atoms in total. The molecule has 0 amide bonds. The van der Waals surface area contributed by atoms with Crippen LogP contribution in [0.15, 0.2) is 84.9 Å². The summed E-state index contributed by atoms with van der Waals surface area (Å²) in [5.41, 5.74) is 30.1. The van der Waals surface area contributed by atoms with Crippen molar-refractivity contribution in [3.63, 3.8) is 0 Å². The quantitative estimate of drug-likeness (QED) is 0.173. The van der Waals surface area contributed by atoms with E-state index in [0.29, 0.717) is 22.7 Å². The fourth-order valence-corrected chi connectivity index (χ4v) is 4.91. The molecule has 5 aromatic carbocycles. The van der Waals surface area contributed by atoms with Gasteiger partial charge < -0.3 is 22.9 Å². The SMILES string of the molecule is Nc1ccc(-c2ccc(N)c(N)c2N)cc1.c1ccc2c(c1)ccc1c3c(ccc12)CCCC3. The lowest BCUT2D eigenvalue weighted by Crippen LogP contribution is -2.02. The second kappa shape index (κ2) is 8.99. The summed E-state index contributed by atoms with van der Waals surface area (Å²) < 4.78 is 0. The molecule has 0 heterocycles. The molecule has 4 heteroatoms. The first kappa shape index (κ1) is 21.7. The van der Waals surface area contributed by atoms with E-state index in [1.165, 1.54) is 47.2 Å². The molecule has 0 radical (unpaired) electrons. The van der Waals surface area contributed by atoms with Gasteiger partial charge in [-0.25, -0.2) is 0 Å². The number of nitrogen functional groups attached to an aromatic ring is 4. The third-order valence-corrected chi connectivity index (χ3v) is 6.80. The van der Waals surface area contributed by atoms with E-state index < -0.39 is 0 Å². The highest BCUT2D eigenvalue weighted by atomic mass is 14.7. The van der Waals surface area contributed by atoms with Crippen LogP contribution in [0.1, 0.15) is 24.0 Å². The zero-order chi connectivity index (χ0) is 23.7. The fourth-order valence-electron chi connectivity index (χ4n) is 4.91. The number of benzene rings is 5. The summed E-state index contributed by atoms with van der Waals surface area (Å²) in [6, 6.07) is 29.0. The van der Waals surface area contributed by atoms with Gasteiger partial charge in [-0.1, -0.05) is 66.7 Å². The maximum atomic E-state index is 5.92. The molecule has 0 unspecified atom stereocenters. The van der Waals surface area contributed by atoms with Gasteiger partial charge in [0.05, 0.1) is 17.1 Å². The van der Waals surface area contributed by atoms with Gasteiger partial charge >= 0.3 is 0 Å². The zero-order valence-corrected chi connectivity index (χ0v) is 19.2. The van der Waals surface area contributed by atoms with Crippen molar-refractivity contribution >= 4 is 44.3 Å². The standard InChI is InChI=1S/C18H16.C12H14N4/c1-3-7-15-13(5-1)9-11-18-16-8-4-2-6-14(16)10-12-17(15)18;13-8-3-1-7(2-4-8)9-5-6-10(14)12(16)11(9)15/h1,3,5,7,9-12H,2,4,6,8H2;1-6H,13-16H2. The topological polar surface area (TPSA) is 104 Å². The van der Waals surface area contributed by atoms with Crippen molar-refractivity contribution in [1.29, 1.82) is 0 Å². The predicted octanol–water partition coefficient (Wildman–Crippen LogP) is 6.55. The Morgan fingerprint density at radius 2 is 1.26 bits per heavy atom. The van der Waals surface area contributed by atoms with E-state index in [0.717, 1.165) is 11.1 Å². The minimum absolute atomic E-state index is 0.425. The average Bonchev–Trinajstić information content (AvgIpc) is 2.88. The van der Waals surface area contributed by atoms with Crippen molar-refractivity contribution in [3.8, 4) is 11.1 Å². The zero-order valence-electron chi connectivity index (χ0n) is 19.2. The molecular formula is C30H30N4. The van der Waals surface area contributed by atoms with Gasteiger partial charge in [-0.05, 0) is 82.1 Å². The summed E-state index contributed by atoms with van der Waals surface area (Å²) >= 11 is 0. The lowest BCUT2D eigenvalue weighted by Gasteiger charge is -2.18. The van der Waals surface area contributed by atoms with E-state index in [9.17, 15) is 0 Å². The summed E-state index contributed by atoms with van der Waals surface area (Å²) in [6.45, 7) is 0. The van der Waals surface area contributed by atoms with Crippen molar-refractivity contribution in [2.45, 2.75) is 25.7 Å². The molecule has 1 aliphatic rings. The molecule has 1 aliphatic carbocycles. The average molecular weight is 447 g/mol. The van der Waals surface area contributed by atoms with Crippen molar-refractivity contribution in [1.82, 2.24) is 0 Å². The fraction of sp³-hybridized carbons (Fsp3) is 0.133. The Kier molecular flexibility index (Phi) is 5.72. The predicted molar refractivity (Wildman–Crippen MR) is 148 cm³/mol. The van der Waals surface area contributed by atoms with E-state index in [1.54, 1.807) is 17.2 Å². The van der Waals surface area contributed by atoms with Crippen LogP contribution in [-0.2, 0) is 12.8 Å². The number of hydrogen-bond donors (Lipinski definition) is 4. The van der Waals surface area contributed by atoms with Crippen LogP contribution in [0.25, 0.3) is 32.7 Å². The Hall–Kier alpha value is -4.18. The summed E-state index contributed by atoms with van der Waals surface area (Å²) in [4.78, 5) is 0. The Labute approximate surface area is 200 Å². The highest BCUT2D eigenvalue weighted by Crippen LogP contribution is 2.34. The van der Waals surface area contributed by atoms with Crippen LogP contribution in [-0.4, -0.2) is 0 Å². The van der Waals surface area contributed by atoms with Crippen LogP contribution in [0.4, 0.5) is 22.7 Å². The first-order chi connectivity index (χ1) is 16.5. The molecule has 0 aliphatic heterocycles. The lowest BCUT2D eigenvalue weighted by molar-refractivity contribution is 0.690. The molecule has 0 saturated heterocycles. The molecule has 6 rings (SSSR count). The van der Waals surface area contributed by atoms with Crippen LogP contribution in [0.3, 0.4) is 0 Å². The van der Waals surface area contributed by atoms with Crippen LogP contribution in [0.2, 0.25) is 0 Å². The normalized spacial score (nSPS) is 12.7. The van der Waals surface area contributed by atoms with Crippen LogP contribution in [0, 0.1) is 0 Å². The minimum Gasteiger partial charge on any atom is -0.399 e. The molecular weight excluding hydrogens is 416 g/mol. The van der Waals surface area contributed by atoms with Crippen molar-refractivity contribution in [3.05, 3.63) is 96.1 Å². The molecule has 0 aromatic heterocycles. The summed E-state index contributed by atoms with van der Waals surface area (Å²) in [5.74, 6) is 0. The van der Waals surface area contributed by atoms with Crippen LogP contribution >= 0.6 is 0 Å². The Morgan fingerprint density at radius 1 is 0.529 bits per heavy atom. The molecule has 5 aromatic rings. The maximum absolute atomic E-state index is 5.92. The Bertz CT molecular complexity index is 1490. The molecule has 0 saturated carbocycles. The lowest BCUT2D eigenvalue weighted by atomic mass is 9.86. The summed E-state index contributed by atoms with van der Waals surface area (Å²) in [6.07, 6.45) is 5.22. The maximum Gasteiger partial charge on any atom is 0.0787 e. The highest BCUT2D eigenvalue weighted by molar-refractivity contribution is 6.08. The van der Waals surface area contributed by atoms with Gasteiger partial charge in [0.2, 0.25) is 0 Å². The first-order valence-electron chi connectivity index (χ1n) is 11.7. The van der Waals surface area contributed by atoms with Gasteiger partial charge in [-0.3, -0.25) is 0 Å². The van der Waals surface area contributed by atoms with E-state index in [-0.39, 0.29) is 0 Å². The third-order valence-electron chi connectivity index (χ3n) is 6.80. The van der Waals surface area contributed by atoms with Crippen molar-refractivity contribution < 1.29 is 0 Å². The number of hydrogen-bond acceptors (Lipinski definition) is 4. The Morgan fingerprint density at radius 3 is 2.09 bits per heavy atom. The van der Waals surface area contributed by atoms with Gasteiger partial charge in [0, 0.05) is 11.3 Å². The number of aryl methyl sites for hydroxylation is 2. The molecule has 0 fully saturated rings. The molecule has 170 valence electrons. The molecule has 8 N–H and O–H groups in total. The molecule has 0 bridgehead atoms. The Balaban J connectivity index is 0.000000143. The second-order valence-corrected chi connectivity index (χ2v) is 8.94. The van der Waals surface area contributed by atoms with Gasteiger partial charge in [-0.15, -0.1) is 0 Å². The van der Waals surface area contributed by atoms with E-state index in [1.807, 2.05) is 30.3 Å². The smallest absolute Gasteiger partial charge is 0.0787 e. The van der Waals surface area contributed by atoms with Crippen LogP contribution < -0.4 is 22.9 Å². The van der Waals surface area contributed by atoms with Gasteiger partial charge in [-0.2, -0.15) is 0 Å². The van der Waals surface area contributed by atoms with Crippen LogP contribution in [0.5, 0.6) is 0 Å². The monoisotopic (exact) mass is 446 g/mol. The number of anilines is 4. The molecule has 0 spiro atoms. The largest absolute Gasteiger partial charge is 0.399 e. The van der Waals surface area contributed by atoms with E-state index >= 15 is 0 Å². The van der Waals surface area contributed by atoms with E-state index in [2.05, 4.69) is 48.5 Å². The third kappa shape index (κ3) is 3.99. The minimum atomic E-state index is 0.425. The van der Waals surface area contributed by atoms with Gasteiger partial charge in [0.1, 0.15) is 0 Å².